The Morgan fingerprint density at radius 2 is 1.88 bits per heavy atom. The molecule has 0 aromatic heterocycles. The van der Waals surface area contributed by atoms with E-state index in [9.17, 15) is 4.79 Å². The molecule has 0 aliphatic rings. The molecule has 16 heavy (non-hydrogen) atoms. The molecular formula is C13H20N2O. The maximum atomic E-state index is 11.4. The zero-order valence-electron chi connectivity index (χ0n) is 10.2. The molecule has 3 heteroatoms. The van der Waals surface area contributed by atoms with Crippen LogP contribution in [0.4, 0.5) is 0 Å². The molecule has 0 spiro atoms. The molecule has 1 rings (SSSR count). The number of hydrogen-bond donors (Lipinski definition) is 2. The van der Waals surface area contributed by atoms with Gasteiger partial charge in [-0.2, -0.15) is 0 Å². The van der Waals surface area contributed by atoms with Crippen molar-refractivity contribution in [1.29, 1.82) is 0 Å². The molecule has 1 atom stereocenters. The van der Waals surface area contributed by atoms with Crippen molar-refractivity contribution in [1.82, 2.24) is 5.32 Å². The van der Waals surface area contributed by atoms with Crippen LogP contribution in [0, 0.1) is 5.41 Å². The second-order valence-electron chi connectivity index (χ2n) is 5.19. The molecule has 1 amide bonds. The molecule has 0 aliphatic heterocycles. The van der Waals surface area contributed by atoms with Gasteiger partial charge in [0.15, 0.2) is 0 Å². The Hall–Kier alpha value is -1.35. The van der Waals surface area contributed by atoms with Gasteiger partial charge < -0.3 is 11.1 Å². The Morgan fingerprint density at radius 1 is 1.31 bits per heavy atom. The number of primary amides is 1. The van der Waals surface area contributed by atoms with Crippen LogP contribution < -0.4 is 11.1 Å². The molecular weight excluding hydrogens is 200 g/mol. The van der Waals surface area contributed by atoms with Crippen molar-refractivity contribution in [3.8, 4) is 0 Å². The van der Waals surface area contributed by atoms with Crippen LogP contribution in [0.25, 0.3) is 0 Å². The fourth-order valence-corrected chi connectivity index (χ4v) is 1.44. The normalized spacial score (nSPS) is 13.4. The van der Waals surface area contributed by atoms with E-state index in [1.165, 1.54) is 0 Å². The van der Waals surface area contributed by atoms with Gasteiger partial charge in [-0.05, 0) is 11.0 Å². The molecule has 3 N–H and O–H groups in total. The Labute approximate surface area is 97.0 Å². The lowest BCUT2D eigenvalue weighted by atomic mass is 9.95. The quantitative estimate of drug-likeness (QED) is 0.813. The third kappa shape index (κ3) is 4.03. The van der Waals surface area contributed by atoms with Crippen molar-refractivity contribution in [3.63, 3.8) is 0 Å². The van der Waals surface area contributed by atoms with E-state index in [0.29, 0.717) is 0 Å². The lowest BCUT2D eigenvalue weighted by Gasteiger charge is -2.23. The summed E-state index contributed by atoms with van der Waals surface area (Å²) in [5, 5.41) is 3.20. The second-order valence-corrected chi connectivity index (χ2v) is 5.19. The monoisotopic (exact) mass is 220 g/mol. The van der Waals surface area contributed by atoms with Crippen LogP contribution in [0.3, 0.4) is 0 Å². The SMILES string of the molecule is CC(C)(C)CNC(C(N)=O)c1ccccc1. The van der Waals surface area contributed by atoms with E-state index in [0.717, 1.165) is 12.1 Å². The molecule has 0 radical (unpaired) electrons. The zero-order chi connectivity index (χ0) is 12.2. The van der Waals surface area contributed by atoms with Gasteiger partial charge in [-0.25, -0.2) is 0 Å². The summed E-state index contributed by atoms with van der Waals surface area (Å²) in [5.41, 5.74) is 6.44. The van der Waals surface area contributed by atoms with Crippen LogP contribution in [0.15, 0.2) is 30.3 Å². The van der Waals surface area contributed by atoms with Gasteiger partial charge in [-0.15, -0.1) is 0 Å². The highest BCUT2D eigenvalue weighted by molar-refractivity contribution is 5.81. The number of carbonyl (C=O) groups excluding carboxylic acids is 1. The van der Waals surface area contributed by atoms with Gasteiger partial charge in [0, 0.05) is 6.54 Å². The minimum Gasteiger partial charge on any atom is -0.368 e. The van der Waals surface area contributed by atoms with E-state index in [1.54, 1.807) is 0 Å². The lowest BCUT2D eigenvalue weighted by Crippen LogP contribution is -2.38. The molecule has 1 aromatic rings. The Kier molecular flexibility index (Phi) is 4.07. The van der Waals surface area contributed by atoms with E-state index in [-0.39, 0.29) is 11.3 Å². The minimum atomic E-state index is -0.402. The van der Waals surface area contributed by atoms with E-state index in [4.69, 9.17) is 5.73 Å². The van der Waals surface area contributed by atoms with Gasteiger partial charge in [-0.3, -0.25) is 4.79 Å². The van der Waals surface area contributed by atoms with Gasteiger partial charge in [0.2, 0.25) is 5.91 Å². The number of rotatable bonds is 4. The minimum absolute atomic E-state index is 0.127. The van der Waals surface area contributed by atoms with Gasteiger partial charge >= 0.3 is 0 Å². The van der Waals surface area contributed by atoms with E-state index < -0.39 is 6.04 Å². The summed E-state index contributed by atoms with van der Waals surface area (Å²) < 4.78 is 0. The highest BCUT2D eigenvalue weighted by atomic mass is 16.1. The van der Waals surface area contributed by atoms with Crippen molar-refractivity contribution in [2.24, 2.45) is 11.1 Å². The first kappa shape index (κ1) is 12.7. The first-order chi connectivity index (χ1) is 7.40. The highest BCUT2D eigenvalue weighted by Crippen LogP contribution is 2.16. The number of benzene rings is 1. The summed E-state index contributed by atoms with van der Waals surface area (Å²) in [6.45, 7) is 7.09. The van der Waals surface area contributed by atoms with E-state index in [1.807, 2.05) is 30.3 Å². The second kappa shape index (κ2) is 5.12. The molecule has 0 aliphatic carbocycles. The standard InChI is InChI=1S/C13H20N2O/c1-13(2,3)9-15-11(12(14)16)10-7-5-4-6-8-10/h4-8,11,15H,9H2,1-3H3,(H2,14,16). The third-order valence-corrected chi connectivity index (χ3v) is 2.25. The lowest BCUT2D eigenvalue weighted by molar-refractivity contribution is -0.120. The summed E-state index contributed by atoms with van der Waals surface area (Å²) in [6.07, 6.45) is 0. The summed E-state index contributed by atoms with van der Waals surface area (Å²) in [6, 6.07) is 9.15. The van der Waals surface area contributed by atoms with Crippen molar-refractivity contribution in [2.45, 2.75) is 26.8 Å². The maximum Gasteiger partial charge on any atom is 0.239 e. The summed E-state index contributed by atoms with van der Waals surface area (Å²) in [5.74, 6) is -0.338. The predicted octanol–water partition coefficient (Wildman–Crippen LogP) is 1.85. The predicted molar refractivity (Wildman–Crippen MR) is 65.8 cm³/mol. The van der Waals surface area contributed by atoms with Gasteiger partial charge in [-0.1, -0.05) is 51.1 Å². The van der Waals surface area contributed by atoms with Crippen LogP contribution in [0.5, 0.6) is 0 Å². The Bertz CT molecular complexity index is 341. The first-order valence-electron chi connectivity index (χ1n) is 5.48. The van der Waals surface area contributed by atoms with Crippen molar-refractivity contribution in [3.05, 3.63) is 35.9 Å². The summed E-state index contributed by atoms with van der Waals surface area (Å²) >= 11 is 0. The molecule has 3 nitrogen and oxygen atoms in total. The summed E-state index contributed by atoms with van der Waals surface area (Å²) in [7, 11) is 0. The first-order valence-corrected chi connectivity index (χ1v) is 5.48. The number of hydrogen-bond acceptors (Lipinski definition) is 2. The topological polar surface area (TPSA) is 55.1 Å². The fourth-order valence-electron chi connectivity index (χ4n) is 1.44. The Morgan fingerprint density at radius 3 is 2.31 bits per heavy atom. The molecule has 0 fully saturated rings. The number of nitrogens with one attached hydrogen (secondary N) is 1. The molecule has 0 saturated heterocycles. The largest absolute Gasteiger partial charge is 0.368 e. The molecule has 0 saturated carbocycles. The van der Waals surface area contributed by atoms with Gasteiger partial charge in [0.05, 0.1) is 0 Å². The molecule has 1 aromatic carbocycles. The average molecular weight is 220 g/mol. The number of nitrogens with two attached hydrogens (primary N) is 1. The maximum absolute atomic E-state index is 11.4. The average Bonchev–Trinajstić information content (AvgIpc) is 2.17. The highest BCUT2D eigenvalue weighted by Gasteiger charge is 2.19. The number of amides is 1. The van der Waals surface area contributed by atoms with Gasteiger partial charge in [0.25, 0.3) is 0 Å². The van der Waals surface area contributed by atoms with Crippen LogP contribution in [-0.4, -0.2) is 12.5 Å². The van der Waals surface area contributed by atoms with Crippen molar-refractivity contribution >= 4 is 5.91 Å². The van der Waals surface area contributed by atoms with Crippen molar-refractivity contribution < 1.29 is 4.79 Å². The molecule has 0 bridgehead atoms. The molecule has 1 unspecified atom stereocenters. The molecule has 88 valence electrons. The van der Waals surface area contributed by atoms with Crippen LogP contribution in [0.1, 0.15) is 32.4 Å². The van der Waals surface area contributed by atoms with E-state index in [2.05, 4.69) is 26.1 Å². The number of carbonyl (C=O) groups is 1. The van der Waals surface area contributed by atoms with Crippen LogP contribution in [0.2, 0.25) is 0 Å². The van der Waals surface area contributed by atoms with Crippen molar-refractivity contribution in [2.75, 3.05) is 6.54 Å². The van der Waals surface area contributed by atoms with Crippen LogP contribution >= 0.6 is 0 Å². The van der Waals surface area contributed by atoms with Gasteiger partial charge in [0.1, 0.15) is 6.04 Å². The smallest absolute Gasteiger partial charge is 0.239 e. The van der Waals surface area contributed by atoms with E-state index >= 15 is 0 Å². The molecule has 0 heterocycles. The third-order valence-electron chi connectivity index (χ3n) is 2.25. The summed E-state index contributed by atoms with van der Waals surface area (Å²) in [4.78, 5) is 11.4. The Balaban J connectivity index is 2.74. The van der Waals surface area contributed by atoms with Crippen LogP contribution in [-0.2, 0) is 4.79 Å². The zero-order valence-corrected chi connectivity index (χ0v) is 10.2. The fraction of sp³-hybridized carbons (Fsp3) is 0.462.